The summed E-state index contributed by atoms with van der Waals surface area (Å²) in [6, 6.07) is 32.9. The number of hydrogen-bond acceptors (Lipinski definition) is 0. The van der Waals surface area contributed by atoms with Crippen LogP contribution >= 0.6 is 17.0 Å². The summed E-state index contributed by atoms with van der Waals surface area (Å²) in [5.74, 6) is 1.80. The zero-order valence-corrected chi connectivity index (χ0v) is 40.4. The van der Waals surface area contributed by atoms with Gasteiger partial charge in [-0.3, -0.25) is 0 Å². The van der Waals surface area contributed by atoms with Crippen LogP contribution in [-0.4, -0.2) is 9.52 Å². The second kappa shape index (κ2) is 22.2. The van der Waals surface area contributed by atoms with Gasteiger partial charge < -0.3 is 0 Å². The second-order valence-electron chi connectivity index (χ2n) is 17.0. The molecule has 0 aromatic heterocycles. The molecule has 0 spiro atoms. The Morgan fingerprint density at radius 3 is 1.16 bits per heavy atom. The van der Waals surface area contributed by atoms with E-state index in [4.69, 9.17) is 17.0 Å². The van der Waals surface area contributed by atoms with E-state index in [1.54, 1.807) is 11.1 Å². The third-order valence-electron chi connectivity index (χ3n) is 11.9. The Kier molecular flexibility index (Phi) is 17.8. The number of hydrogen-bond donors (Lipinski definition) is 0. The number of aryl methyl sites for hydroxylation is 6. The molecule has 6 aromatic carbocycles. The van der Waals surface area contributed by atoms with Crippen LogP contribution in [0.3, 0.4) is 0 Å². The van der Waals surface area contributed by atoms with Gasteiger partial charge >= 0.3 is 37.9 Å². The van der Waals surface area contributed by atoms with E-state index in [9.17, 15) is 0 Å². The molecule has 0 atom stereocenters. The van der Waals surface area contributed by atoms with E-state index in [0.717, 1.165) is 21.4 Å². The topological polar surface area (TPSA) is 0 Å². The number of fused-ring (bicyclic) bond motifs is 2. The predicted octanol–water partition coefficient (Wildman–Crippen LogP) is 16.7. The Bertz CT molecular complexity index is 1950. The monoisotopic (exact) mass is 876 g/mol. The van der Waals surface area contributed by atoms with Crippen molar-refractivity contribution >= 4 is 48.1 Å². The van der Waals surface area contributed by atoms with E-state index in [1.165, 1.54) is 154 Å². The van der Waals surface area contributed by atoms with Crippen LogP contribution < -0.4 is 0 Å². The van der Waals surface area contributed by atoms with Gasteiger partial charge in [-0.15, -0.1) is 68.1 Å². The standard InChI is InChI=1S/2C25H29.C2H6Si.2ClH.Zr/c2*1-17-11-18(2)13-22(12-17)23-10-9-19(3)24-15-21(16-25(23)24)14-20-7-5-4-6-8-20;1-3-2;;;/h2*9-13,15-16,20H,4-8,14H2,1-3H3;1-2H3;2*1H;/q2*-1;;;;+4/p-2. The van der Waals surface area contributed by atoms with E-state index in [1.807, 2.05) is 0 Å². The molecule has 0 aliphatic heterocycles. The molecule has 2 saturated carbocycles. The molecule has 0 saturated heterocycles. The average molecular weight is 879 g/mol. The third kappa shape index (κ3) is 12.4. The van der Waals surface area contributed by atoms with E-state index in [-0.39, 0.29) is 0 Å². The fourth-order valence-corrected chi connectivity index (χ4v) is 9.46. The molecule has 0 nitrogen and oxygen atoms in total. The van der Waals surface area contributed by atoms with Gasteiger partial charge in [-0.25, -0.2) is 0 Å². The van der Waals surface area contributed by atoms with Gasteiger partial charge in [0.25, 0.3) is 0 Å². The van der Waals surface area contributed by atoms with Gasteiger partial charge in [0.1, 0.15) is 0 Å². The van der Waals surface area contributed by atoms with E-state index in [0.29, 0.717) is 0 Å². The maximum atomic E-state index is 4.93. The Labute approximate surface area is 361 Å². The zero-order valence-electron chi connectivity index (χ0n) is 35.5. The molecule has 294 valence electrons. The molecular formula is C52H64Cl2SiZr. The second-order valence-corrected chi connectivity index (χ2v) is 21.7. The van der Waals surface area contributed by atoms with E-state index in [2.05, 4.69) is 140 Å². The van der Waals surface area contributed by atoms with Gasteiger partial charge in [0.05, 0.1) is 0 Å². The maximum absolute atomic E-state index is 4.93. The first-order valence-corrected chi connectivity index (χ1v) is 29.5. The van der Waals surface area contributed by atoms with Crippen LogP contribution in [0, 0.1) is 53.4 Å². The number of benzene rings is 4. The first-order chi connectivity index (χ1) is 27.0. The van der Waals surface area contributed by atoms with Gasteiger partial charge in [-0.1, -0.05) is 173 Å². The normalized spacial score (nSPS) is 14.6. The van der Waals surface area contributed by atoms with Gasteiger partial charge in [-0.05, 0) is 63.5 Å². The Hall–Kier alpha value is -2.22. The van der Waals surface area contributed by atoms with Crippen LogP contribution in [0.1, 0.15) is 109 Å². The van der Waals surface area contributed by atoms with E-state index < -0.39 is 20.8 Å². The fraction of sp³-hybridized carbons (Fsp3) is 0.423. The number of halogens is 2. The summed E-state index contributed by atoms with van der Waals surface area (Å²) in [5, 5.41) is 5.77. The van der Waals surface area contributed by atoms with Gasteiger partial charge in [-0.2, -0.15) is 12.1 Å². The minimum atomic E-state index is -0.826. The zero-order chi connectivity index (χ0) is 40.2. The molecule has 0 amide bonds. The van der Waals surface area contributed by atoms with Crippen molar-refractivity contribution in [3.8, 4) is 22.3 Å². The summed E-state index contributed by atoms with van der Waals surface area (Å²) in [7, 11) is 11.0. The number of rotatable bonds is 6. The summed E-state index contributed by atoms with van der Waals surface area (Å²) < 4.78 is 0. The summed E-state index contributed by atoms with van der Waals surface area (Å²) >= 11 is -0.826. The molecule has 2 radical (unpaired) electrons. The molecule has 2 aliphatic rings. The molecular weight excluding hydrogens is 815 g/mol. The van der Waals surface area contributed by atoms with Crippen molar-refractivity contribution in [3.63, 3.8) is 0 Å². The molecule has 6 aromatic rings. The third-order valence-corrected chi connectivity index (χ3v) is 11.9. The summed E-state index contributed by atoms with van der Waals surface area (Å²) in [4.78, 5) is 0. The van der Waals surface area contributed by atoms with Crippen molar-refractivity contribution in [2.75, 3.05) is 0 Å². The van der Waals surface area contributed by atoms with Crippen LogP contribution in [0.2, 0.25) is 13.1 Å². The van der Waals surface area contributed by atoms with Crippen LogP contribution in [0.25, 0.3) is 43.8 Å². The van der Waals surface area contributed by atoms with Crippen molar-refractivity contribution < 1.29 is 20.8 Å². The first-order valence-electron chi connectivity index (χ1n) is 21.1. The summed E-state index contributed by atoms with van der Waals surface area (Å²) in [6.07, 6.45) is 16.8. The Morgan fingerprint density at radius 2 is 0.839 bits per heavy atom. The van der Waals surface area contributed by atoms with Crippen molar-refractivity contribution in [1.29, 1.82) is 0 Å². The first kappa shape index (κ1) is 44.9. The quantitative estimate of drug-likeness (QED) is 0.116. The molecule has 0 unspecified atom stereocenters. The molecule has 0 heterocycles. The van der Waals surface area contributed by atoms with Crippen molar-refractivity contribution in [1.82, 2.24) is 0 Å². The molecule has 0 bridgehead atoms. The minimum absolute atomic E-state index is 0.826. The summed E-state index contributed by atoms with van der Waals surface area (Å²) in [6.45, 7) is 17.6. The molecule has 8 rings (SSSR count). The van der Waals surface area contributed by atoms with Gasteiger partial charge in [0, 0.05) is 9.52 Å². The molecule has 2 aliphatic carbocycles. The van der Waals surface area contributed by atoms with Gasteiger partial charge in [0.2, 0.25) is 0 Å². The van der Waals surface area contributed by atoms with Crippen LogP contribution in [0.5, 0.6) is 0 Å². The Balaban J connectivity index is 0.000000188. The van der Waals surface area contributed by atoms with Crippen molar-refractivity contribution in [2.24, 2.45) is 11.8 Å². The molecule has 56 heavy (non-hydrogen) atoms. The average Bonchev–Trinajstić information content (AvgIpc) is 3.78. The molecule has 2 fully saturated rings. The van der Waals surface area contributed by atoms with Crippen LogP contribution in [0.4, 0.5) is 0 Å². The molecule has 4 heteroatoms. The predicted molar refractivity (Wildman–Crippen MR) is 248 cm³/mol. The van der Waals surface area contributed by atoms with Crippen molar-refractivity contribution in [3.05, 3.63) is 129 Å². The van der Waals surface area contributed by atoms with Crippen LogP contribution in [-0.2, 0) is 33.7 Å². The summed E-state index contributed by atoms with van der Waals surface area (Å²) in [5.41, 5.74) is 16.8. The van der Waals surface area contributed by atoms with E-state index >= 15 is 0 Å². The van der Waals surface area contributed by atoms with Crippen LogP contribution in [0.15, 0.2) is 84.9 Å². The Morgan fingerprint density at radius 1 is 0.518 bits per heavy atom. The fourth-order valence-electron chi connectivity index (χ4n) is 9.46. The van der Waals surface area contributed by atoms with Crippen molar-refractivity contribution in [2.45, 2.75) is 132 Å². The molecule has 0 N–H and O–H groups in total. The SMILES string of the molecule is C[Si]C.Cc1cc(C)cc(-c2ccc(C)c3[cH-]c(CC4CCCCC4)cc23)c1.Cc1cc(C)cc(-c2ccc(C)c3[cH-]c(CC4CCCCC4)cc23)c1.[Cl][Zr+2][Cl]. The van der Waals surface area contributed by atoms with Gasteiger partial charge in [0.15, 0.2) is 0 Å².